The second-order valence-electron chi connectivity index (χ2n) is 5.74. The van der Waals surface area contributed by atoms with Crippen LogP contribution < -0.4 is 15.4 Å². The van der Waals surface area contributed by atoms with Gasteiger partial charge < -0.3 is 15.4 Å². The lowest BCUT2D eigenvalue weighted by Gasteiger charge is -2.10. The molecule has 0 bridgehead atoms. The molecule has 5 nitrogen and oxygen atoms in total. The van der Waals surface area contributed by atoms with Gasteiger partial charge >= 0.3 is 0 Å². The number of nitrogens with zero attached hydrogens (tertiary/aromatic N) is 1. The molecule has 1 aromatic heterocycles. The number of benzene rings is 1. The Labute approximate surface area is 149 Å². The fourth-order valence-electron chi connectivity index (χ4n) is 2.50. The van der Waals surface area contributed by atoms with Gasteiger partial charge in [-0.2, -0.15) is 0 Å². The number of unbranched alkanes of at least 4 members (excludes halogenated alkanes) is 1. The van der Waals surface area contributed by atoms with E-state index in [1.54, 1.807) is 6.20 Å². The first-order chi connectivity index (χ1) is 12.3. The number of aromatic nitrogens is 1. The number of carbonyl (C=O) groups excluding carboxylic acids is 1. The van der Waals surface area contributed by atoms with Crippen molar-refractivity contribution < 1.29 is 9.53 Å². The molecule has 2 N–H and O–H groups in total. The van der Waals surface area contributed by atoms with Gasteiger partial charge in [-0.1, -0.05) is 24.3 Å². The van der Waals surface area contributed by atoms with Gasteiger partial charge in [-0.25, -0.2) is 4.98 Å². The first-order valence-corrected chi connectivity index (χ1v) is 8.92. The maximum absolute atomic E-state index is 12.0. The molecule has 1 aromatic carbocycles. The Morgan fingerprint density at radius 2 is 1.88 bits per heavy atom. The summed E-state index contributed by atoms with van der Waals surface area (Å²) in [5.41, 5.74) is 1.08. The summed E-state index contributed by atoms with van der Waals surface area (Å²) < 4.78 is 5.59. The van der Waals surface area contributed by atoms with Crippen LogP contribution in [0.15, 0.2) is 48.7 Å². The molecule has 134 valence electrons. The minimum atomic E-state index is 0.0870. The van der Waals surface area contributed by atoms with E-state index in [9.17, 15) is 4.79 Å². The molecule has 0 fully saturated rings. The second kappa shape index (κ2) is 11.1. The van der Waals surface area contributed by atoms with Crippen LogP contribution in [0.1, 0.15) is 31.7 Å². The predicted molar refractivity (Wildman–Crippen MR) is 101 cm³/mol. The third-order valence-electron chi connectivity index (χ3n) is 3.79. The molecule has 0 unspecified atom stereocenters. The summed E-state index contributed by atoms with van der Waals surface area (Å²) in [5, 5.41) is 6.24. The molecule has 0 atom stereocenters. The number of para-hydroxylation sites is 1. The van der Waals surface area contributed by atoms with Gasteiger partial charge in [-0.15, -0.1) is 0 Å². The quantitative estimate of drug-likeness (QED) is 0.615. The van der Waals surface area contributed by atoms with Crippen molar-refractivity contribution in [3.05, 3.63) is 54.2 Å². The minimum Gasteiger partial charge on any atom is -0.494 e. The third-order valence-corrected chi connectivity index (χ3v) is 3.79. The predicted octanol–water partition coefficient (Wildman–Crippen LogP) is 3.42. The number of aryl methyl sites for hydroxylation is 1. The molecule has 0 spiro atoms. The first-order valence-electron chi connectivity index (χ1n) is 8.92. The monoisotopic (exact) mass is 341 g/mol. The van der Waals surface area contributed by atoms with Crippen molar-refractivity contribution in [3.63, 3.8) is 0 Å². The van der Waals surface area contributed by atoms with Gasteiger partial charge in [0.2, 0.25) is 5.91 Å². The van der Waals surface area contributed by atoms with Crippen molar-refractivity contribution in [2.24, 2.45) is 0 Å². The maximum Gasteiger partial charge on any atom is 0.220 e. The van der Waals surface area contributed by atoms with Crippen LogP contribution in [0.2, 0.25) is 0 Å². The highest BCUT2D eigenvalue weighted by molar-refractivity contribution is 5.76. The molecule has 5 heteroatoms. The summed E-state index contributed by atoms with van der Waals surface area (Å²) in [6.07, 6.45) is 4.89. The summed E-state index contributed by atoms with van der Waals surface area (Å²) in [5.74, 6) is 1.85. The number of ether oxygens (including phenoxy) is 1. The van der Waals surface area contributed by atoms with Crippen LogP contribution in [0.4, 0.5) is 5.82 Å². The van der Waals surface area contributed by atoms with E-state index in [2.05, 4.69) is 15.6 Å². The van der Waals surface area contributed by atoms with Crippen LogP contribution in [0.25, 0.3) is 0 Å². The van der Waals surface area contributed by atoms with E-state index in [-0.39, 0.29) is 5.91 Å². The van der Waals surface area contributed by atoms with Gasteiger partial charge in [0.05, 0.1) is 6.61 Å². The summed E-state index contributed by atoms with van der Waals surface area (Å²) in [6, 6.07) is 13.7. The van der Waals surface area contributed by atoms with Crippen LogP contribution in [0.3, 0.4) is 0 Å². The zero-order valence-corrected chi connectivity index (χ0v) is 14.8. The summed E-state index contributed by atoms with van der Waals surface area (Å²) in [7, 11) is 0. The van der Waals surface area contributed by atoms with Crippen molar-refractivity contribution in [1.82, 2.24) is 10.3 Å². The lowest BCUT2D eigenvalue weighted by Crippen LogP contribution is -2.25. The van der Waals surface area contributed by atoms with Crippen molar-refractivity contribution in [2.45, 2.75) is 32.6 Å². The summed E-state index contributed by atoms with van der Waals surface area (Å²) >= 11 is 0. The van der Waals surface area contributed by atoms with E-state index in [4.69, 9.17) is 4.74 Å². The number of amides is 1. The van der Waals surface area contributed by atoms with Gasteiger partial charge in [0.25, 0.3) is 0 Å². The highest BCUT2D eigenvalue weighted by Crippen LogP contribution is 2.19. The summed E-state index contributed by atoms with van der Waals surface area (Å²) in [4.78, 5) is 16.2. The molecule has 0 saturated carbocycles. The van der Waals surface area contributed by atoms with Crippen molar-refractivity contribution in [1.29, 1.82) is 0 Å². The molecule has 0 aliphatic carbocycles. The van der Waals surface area contributed by atoms with E-state index in [0.717, 1.165) is 36.5 Å². The number of nitrogens with one attached hydrogen (secondary N) is 2. The number of carbonyl (C=O) groups is 1. The van der Waals surface area contributed by atoms with Gasteiger partial charge in [0.1, 0.15) is 11.6 Å². The Kier molecular flexibility index (Phi) is 8.32. The average molecular weight is 341 g/mol. The minimum absolute atomic E-state index is 0.0870. The topological polar surface area (TPSA) is 63.2 Å². The van der Waals surface area contributed by atoms with Crippen LogP contribution >= 0.6 is 0 Å². The van der Waals surface area contributed by atoms with Gasteiger partial charge in [0.15, 0.2) is 0 Å². The molecule has 0 radical (unpaired) electrons. The van der Waals surface area contributed by atoms with Crippen molar-refractivity contribution in [3.8, 4) is 5.75 Å². The van der Waals surface area contributed by atoms with Gasteiger partial charge in [0, 0.05) is 25.7 Å². The molecule has 25 heavy (non-hydrogen) atoms. The van der Waals surface area contributed by atoms with E-state index in [1.807, 2.05) is 49.4 Å². The highest BCUT2D eigenvalue weighted by Gasteiger charge is 2.06. The fourth-order valence-corrected chi connectivity index (χ4v) is 2.50. The lowest BCUT2D eigenvalue weighted by molar-refractivity contribution is -0.121. The van der Waals surface area contributed by atoms with E-state index in [1.165, 1.54) is 0 Å². The Balaban J connectivity index is 1.57. The van der Waals surface area contributed by atoms with E-state index >= 15 is 0 Å². The smallest absolute Gasteiger partial charge is 0.220 e. The Morgan fingerprint density at radius 3 is 2.68 bits per heavy atom. The van der Waals surface area contributed by atoms with Crippen LogP contribution in [-0.2, 0) is 11.2 Å². The molecular weight excluding hydrogens is 314 g/mol. The summed E-state index contributed by atoms with van der Waals surface area (Å²) in [6.45, 7) is 4.16. The molecule has 0 saturated heterocycles. The third kappa shape index (κ3) is 7.25. The average Bonchev–Trinajstić information content (AvgIpc) is 2.65. The van der Waals surface area contributed by atoms with Gasteiger partial charge in [-0.05, 0) is 49.9 Å². The van der Waals surface area contributed by atoms with Gasteiger partial charge in [-0.3, -0.25) is 4.79 Å². The molecule has 2 rings (SSSR count). The molecule has 1 heterocycles. The molecule has 2 aromatic rings. The standard InChI is InChI=1S/C20H27N3O2/c1-2-25-18-10-4-3-9-17(18)12-13-20(24)23-16-8-7-15-22-19-11-5-6-14-21-19/h3-6,9-11,14H,2,7-8,12-13,15-16H2,1H3,(H,21,22)(H,23,24). The largest absolute Gasteiger partial charge is 0.494 e. The molecule has 0 aliphatic rings. The number of rotatable bonds is 11. The van der Waals surface area contributed by atoms with Crippen LogP contribution in [-0.4, -0.2) is 30.6 Å². The Hall–Kier alpha value is -2.56. The van der Waals surface area contributed by atoms with Crippen LogP contribution in [0, 0.1) is 0 Å². The normalized spacial score (nSPS) is 10.3. The molecular formula is C20H27N3O2. The Bertz CT molecular complexity index is 632. The van der Waals surface area contributed by atoms with E-state index in [0.29, 0.717) is 26.0 Å². The number of pyridine rings is 1. The highest BCUT2D eigenvalue weighted by atomic mass is 16.5. The second-order valence-corrected chi connectivity index (χ2v) is 5.74. The molecule has 1 amide bonds. The number of hydrogen-bond acceptors (Lipinski definition) is 4. The van der Waals surface area contributed by atoms with Crippen molar-refractivity contribution in [2.75, 3.05) is 25.0 Å². The number of hydrogen-bond donors (Lipinski definition) is 2. The maximum atomic E-state index is 12.0. The zero-order valence-electron chi connectivity index (χ0n) is 14.8. The van der Waals surface area contributed by atoms with E-state index < -0.39 is 0 Å². The Morgan fingerprint density at radius 1 is 1.08 bits per heavy atom. The lowest BCUT2D eigenvalue weighted by atomic mass is 10.1. The van der Waals surface area contributed by atoms with Crippen molar-refractivity contribution >= 4 is 11.7 Å². The fraction of sp³-hybridized carbons (Fsp3) is 0.400. The molecule has 0 aliphatic heterocycles. The van der Waals surface area contributed by atoms with Crippen LogP contribution in [0.5, 0.6) is 5.75 Å². The zero-order chi connectivity index (χ0) is 17.7. The number of anilines is 1. The SMILES string of the molecule is CCOc1ccccc1CCC(=O)NCCCCNc1ccccn1. The first kappa shape index (κ1) is 18.8.